The van der Waals surface area contributed by atoms with Crippen molar-refractivity contribution in [3.05, 3.63) is 56.2 Å². The minimum Gasteiger partial charge on any atom is -0.351 e. The molecule has 1 atom stereocenters. The summed E-state index contributed by atoms with van der Waals surface area (Å²) in [6.07, 6.45) is 3.53. The van der Waals surface area contributed by atoms with Crippen molar-refractivity contribution in [1.82, 2.24) is 5.32 Å². The second kappa shape index (κ2) is 6.10. The number of carbonyl (C=O) groups excluding carboxylic acids is 1. The predicted octanol–water partition coefficient (Wildman–Crippen LogP) is 4.36. The molecule has 4 heteroatoms. The highest BCUT2D eigenvalue weighted by Gasteiger charge is 2.20. The third kappa shape index (κ3) is 2.96. The molecule has 1 unspecified atom stereocenters. The second-order valence-electron chi connectivity index (χ2n) is 5.10. The number of rotatable bonds is 3. The minimum absolute atomic E-state index is 0.0313. The average molecular weight is 350 g/mol. The number of amides is 1. The van der Waals surface area contributed by atoms with E-state index in [1.165, 1.54) is 35.3 Å². The molecule has 1 amide bonds. The molecule has 20 heavy (non-hydrogen) atoms. The fourth-order valence-electron chi connectivity index (χ4n) is 2.81. The largest absolute Gasteiger partial charge is 0.351 e. The maximum atomic E-state index is 12.1. The van der Waals surface area contributed by atoms with E-state index < -0.39 is 0 Å². The number of nitrogens with one attached hydrogen (secondary N) is 1. The Balaban J connectivity index is 1.66. The van der Waals surface area contributed by atoms with Gasteiger partial charge < -0.3 is 5.32 Å². The van der Waals surface area contributed by atoms with Gasteiger partial charge in [-0.15, -0.1) is 11.3 Å². The quantitative estimate of drug-likeness (QED) is 0.876. The molecular weight excluding hydrogens is 334 g/mol. The normalized spacial score (nSPS) is 17.6. The zero-order valence-corrected chi connectivity index (χ0v) is 13.5. The maximum Gasteiger partial charge on any atom is 0.261 e. The molecule has 1 N–H and O–H groups in total. The number of carbonyl (C=O) groups is 1. The summed E-state index contributed by atoms with van der Waals surface area (Å²) in [6, 6.07) is 12.4. The van der Waals surface area contributed by atoms with Crippen molar-refractivity contribution in [3.63, 3.8) is 0 Å². The minimum atomic E-state index is 0.0313. The maximum absolute atomic E-state index is 12.1. The summed E-state index contributed by atoms with van der Waals surface area (Å²) in [5.41, 5.74) is 2.85. The zero-order valence-electron chi connectivity index (χ0n) is 11.1. The standard InChI is InChI=1S/C16H16BrNOS/c17-15-9-8-14(20-15)16(19)18-10-12-6-3-5-11-4-1-2-7-13(11)12/h1-2,4,7-9,12H,3,5-6,10H2,(H,18,19). The van der Waals surface area contributed by atoms with E-state index >= 15 is 0 Å². The van der Waals surface area contributed by atoms with E-state index in [1.54, 1.807) is 0 Å². The molecule has 0 bridgehead atoms. The van der Waals surface area contributed by atoms with Gasteiger partial charge in [-0.25, -0.2) is 0 Å². The molecule has 2 aromatic rings. The van der Waals surface area contributed by atoms with Crippen LogP contribution in [0.2, 0.25) is 0 Å². The van der Waals surface area contributed by atoms with Gasteiger partial charge in [-0.3, -0.25) is 4.79 Å². The summed E-state index contributed by atoms with van der Waals surface area (Å²) < 4.78 is 0.991. The Labute approximate surface area is 131 Å². The van der Waals surface area contributed by atoms with Gasteiger partial charge in [0.1, 0.15) is 0 Å². The second-order valence-corrected chi connectivity index (χ2v) is 7.56. The number of benzene rings is 1. The molecule has 1 aliphatic rings. The average Bonchev–Trinajstić information content (AvgIpc) is 2.91. The first-order valence-electron chi connectivity index (χ1n) is 6.85. The lowest BCUT2D eigenvalue weighted by molar-refractivity contribution is 0.0954. The third-order valence-corrected chi connectivity index (χ3v) is 5.42. The summed E-state index contributed by atoms with van der Waals surface area (Å²) in [5, 5.41) is 3.07. The molecule has 1 aromatic heterocycles. The van der Waals surface area contributed by atoms with Gasteiger partial charge in [-0.1, -0.05) is 24.3 Å². The SMILES string of the molecule is O=C(NCC1CCCc2ccccc21)c1ccc(Br)s1. The van der Waals surface area contributed by atoms with Crippen LogP contribution in [0.3, 0.4) is 0 Å². The number of aryl methyl sites for hydroxylation is 1. The van der Waals surface area contributed by atoms with Crippen molar-refractivity contribution in [1.29, 1.82) is 0 Å². The molecule has 0 saturated carbocycles. The van der Waals surface area contributed by atoms with Gasteiger partial charge in [-0.2, -0.15) is 0 Å². The van der Waals surface area contributed by atoms with Crippen LogP contribution in [0, 0.1) is 0 Å². The first-order chi connectivity index (χ1) is 9.74. The lowest BCUT2D eigenvalue weighted by Gasteiger charge is -2.25. The lowest BCUT2D eigenvalue weighted by Crippen LogP contribution is -2.29. The Bertz CT molecular complexity index is 622. The van der Waals surface area contributed by atoms with Crippen molar-refractivity contribution in [3.8, 4) is 0 Å². The molecule has 104 valence electrons. The van der Waals surface area contributed by atoms with Crippen molar-refractivity contribution in [2.75, 3.05) is 6.54 Å². The highest BCUT2D eigenvalue weighted by molar-refractivity contribution is 9.11. The first kappa shape index (κ1) is 13.8. The fourth-order valence-corrected chi connectivity index (χ4v) is 4.11. The molecule has 3 rings (SSSR count). The van der Waals surface area contributed by atoms with Crippen molar-refractivity contribution >= 4 is 33.2 Å². The molecule has 1 heterocycles. The lowest BCUT2D eigenvalue weighted by atomic mass is 9.83. The molecule has 0 fully saturated rings. The van der Waals surface area contributed by atoms with Gasteiger partial charge >= 0.3 is 0 Å². The fraction of sp³-hybridized carbons (Fsp3) is 0.312. The number of hydrogen-bond donors (Lipinski definition) is 1. The first-order valence-corrected chi connectivity index (χ1v) is 8.46. The van der Waals surface area contributed by atoms with Gasteiger partial charge in [0.2, 0.25) is 0 Å². The van der Waals surface area contributed by atoms with Crippen LogP contribution >= 0.6 is 27.3 Å². The van der Waals surface area contributed by atoms with E-state index in [2.05, 4.69) is 45.5 Å². The summed E-state index contributed by atoms with van der Waals surface area (Å²) in [5.74, 6) is 0.482. The highest BCUT2D eigenvalue weighted by atomic mass is 79.9. The van der Waals surface area contributed by atoms with Crippen LogP contribution in [0.1, 0.15) is 39.6 Å². The smallest absolute Gasteiger partial charge is 0.261 e. The summed E-state index contributed by atoms with van der Waals surface area (Å²) >= 11 is 4.86. The van der Waals surface area contributed by atoms with Crippen LogP contribution in [0.15, 0.2) is 40.2 Å². The number of halogens is 1. The van der Waals surface area contributed by atoms with E-state index in [0.717, 1.165) is 21.6 Å². The van der Waals surface area contributed by atoms with E-state index in [4.69, 9.17) is 0 Å². The molecule has 0 aliphatic heterocycles. The van der Waals surface area contributed by atoms with Gasteiger partial charge in [-0.05, 0) is 58.5 Å². The van der Waals surface area contributed by atoms with Crippen LogP contribution in [-0.2, 0) is 6.42 Å². The zero-order chi connectivity index (χ0) is 13.9. The van der Waals surface area contributed by atoms with Gasteiger partial charge in [0.25, 0.3) is 5.91 Å². The van der Waals surface area contributed by atoms with E-state index in [1.807, 2.05) is 12.1 Å². The molecule has 1 aromatic carbocycles. The Morgan fingerprint density at radius 3 is 2.95 bits per heavy atom. The van der Waals surface area contributed by atoms with Gasteiger partial charge in [0.05, 0.1) is 8.66 Å². The van der Waals surface area contributed by atoms with E-state index in [0.29, 0.717) is 5.92 Å². The van der Waals surface area contributed by atoms with Crippen LogP contribution in [0.5, 0.6) is 0 Å². The van der Waals surface area contributed by atoms with Crippen LogP contribution < -0.4 is 5.32 Å². The third-order valence-electron chi connectivity index (χ3n) is 3.80. The molecule has 2 nitrogen and oxygen atoms in total. The molecule has 0 saturated heterocycles. The number of hydrogen-bond acceptors (Lipinski definition) is 2. The van der Waals surface area contributed by atoms with Crippen LogP contribution in [-0.4, -0.2) is 12.5 Å². The van der Waals surface area contributed by atoms with Crippen LogP contribution in [0.25, 0.3) is 0 Å². The summed E-state index contributed by atoms with van der Waals surface area (Å²) in [7, 11) is 0. The van der Waals surface area contributed by atoms with Crippen molar-refractivity contribution in [2.24, 2.45) is 0 Å². The van der Waals surface area contributed by atoms with Crippen LogP contribution in [0.4, 0.5) is 0 Å². The van der Waals surface area contributed by atoms with E-state index in [-0.39, 0.29) is 5.91 Å². The Morgan fingerprint density at radius 1 is 1.30 bits per heavy atom. The molecule has 1 aliphatic carbocycles. The summed E-state index contributed by atoms with van der Waals surface area (Å²) in [4.78, 5) is 12.9. The Morgan fingerprint density at radius 2 is 2.15 bits per heavy atom. The van der Waals surface area contributed by atoms with E-state index in [9.17, 15) is 4.79 Å². The summed E-state index contributed by atoms with van der Waals surface area (Å²) in [6.45, 7) is 0.728. The van der Waals surface area contributed by atoms with Crippen molar-refractivity contribution < 1.29 is 4.79 Å². The topological polar surface area (TPSA) is 29.1 Å². The Hall–Kier alpha value is -1.13. The highest BCUT2D eigenvalue weighted by Crippen LogP contribution is 2.31. The Kier molecular flexibility index (Phi) is 4.22. The van der Waals surface area contributed by atoms with Crippen molar-refractivity contribution in [2.45, 2.75) is 25.2 Å². The molecule has 0 radical (unpaired) electrons. The van der Waals surface area contributed by atoms with Gasteiger partial charge in [0, 0.05) is 12.5 Å². The molecule has 0 spiro atoms. The number of fused-ring (bicyclic) bond motifs is 1. The predicted molar refractivity (Wildman–Crippen MR) is 86.5 cm³/mol. The monoisotopic (exact) mass is 349 g/mol. The molecular formula is C16H16BrNOS. The number of thiophene rings is 1. The van der Waals surface area contributed by atoms with Gasteiger partial charge in [0.15, 0.2) is 0 Å².